The molecule has 7 nitrogen and oxygen atoms in total. The first-order valence-corrected chi connectivity index (χ1v) is 8.15. The number of methoxy groups -OCH3 is 1. The molecule has 0 saturated heterocycles. The van der Waals surface area contributed by atoms with Crippen LogP contribution in [0.4, 0.5) is 5.82 Å². The van der Waals surface area contributed by atoms with E-state index in [0.29, 0.717) is 27.3 Å². The Balaban J connectivity index is 2.15. The van der Waals surface area contributed by atoms with Gasteiger partial charge in [-0.1, -0.05) is 29.3 Å². The van der Waals surface area contributed by atoms with E-state index in [0.717, 1.165) is 0 Å². The number of carboxylic acids is 1. The third-order valence-electron chi connectivity index (χ3n) is 3.11. The van der Waals surface area contributed by atoms with E-state index < -0.39 is 12.0 Å². The Morgan fingerprint density at radius 3 is 2.76 bits per heavy atom. The summed E-state index contributed by atoms with van der Waals surface area (Å²) in [5.41, 5.74) is 0.567. The Kier molecular flexibility index (Phi) is 6.74. The van der Waals surface area contributed by atoms with Crippen molar-refractivity contribution >= 4 is 52.3 Å². The molecule has 0 bridgehead atoms. The summed E-state index contributed by atoms with van der Waals surface area (Å²) in [6.07, 6.45) is 1.09. The van der Waals surface area contributed by atoms with Crippen molar-refractivity contribution in [2.45, 2.75) is 12.5 Å². The Morgan fingerprint density at radius 1 is 1.36 bits per heavy atom. The highest BCUT2D eigenvalue weighted by molar-refractivity contribution is 7.80. The SMILES string of the molecule is COc1cc(NC(=S)N[C@H](CC(=O)O)c2ccc(Cl)cc2Cl)ncn1. The third-order valence-corrected chi connectivity index (χ3v) is 3.90. The summed E-state index contributed by atoms with van der Waals surface area (Å²) in [7, 11) is 1.48. The largest absolute Gasteiger partial charge is 0.481 e. The van der Waals surface area contributed by atoms with E-state index in [2.05, 4.69) is 20.6 Å². The molecule has 1 aromatic heterocycles. The molecule has 1 aromatic carbocycles. The summed E-state index contributed by atoms with van der Waals surface area (Å²) >= 11 is 17.3. The van der Waals surface area contributed by atoms with Crippen LogP contribution in [0, 0.1) is 0 Å². The molecule has 0 fully saturated rings. The number of aromatic nitrogens is 2. The van der Waals surface area contributed by atoms with Crippen LogP contribution < -0.4 is 15.4 Å². The van der Waals surface area contributed by atoms with Crippen LogP contribution >= 0.6 is 35.4 Å². The van der Waals surface area contributed by atoms with Gasteiger partial charge in [0.1, 0.15) is 12.1 Å². The van der Waals surface area contributed by atoms with Crippen molar-refractivity contribution in [3.05, 3.63) is 46.2 Å². The van der Waals surface area contributed by atoms with Crippen molar-refractivity contribution in [3.8, 4) is 5.88 Å². The van der Waals surface area contributed by atoms with Gasteiger partial charge >= 0.3 is 5.97 Å². The zero-order chi connectivity index (χ0) is 18.4. The molecule has 3 N–H and O–H groups in total. The molecule has 132 valence electrons. The highest BCUT2D eigenvalue weighted by atomic mass is 35.5. The first-order valence-electron chi connectivity index (χ1n) is 6.99. The number of rotatable bonds is 6. The minimum atomic E-state index is -1.00. The number of benzene rings is 1. The van der Waals surface area contributed by atoms with Gasteiger partial charge in [0.15, 0.2) is 5.11 Å². The quantitative estimate of drug-likeness (QED) is 0.635. The van der Waals surface area contributed by atoms with Crippen LogP contribution in [0.2, 0.25) is 10.0 Å². The van der Waals surface area contributed by atoms with E-state index in [4.69, 9.17) is 45.3 Å². The molecular weight excluding hydrogens is 387 g/mol. The number of carboxylic acid groups (broad SMARTS) is 1. The molecule has 0 aliphatic rings. The fraction of sp³-hybridized carbons (Fsp3) is 0.200. The van der Waals surface area contributed by atoms with Crippen LogP contribution in [-0.2, 0) is 4.79 Å². The molecule has 0 spiro atoms. The maximum Gasteiger partial charge on any atom is 0.305 e. The maximum atomic E-state index is 11.2. The summed E-state index contributed by atoms with van der Waals surface area (Å²) in [5.74, 6) is -0.237. The smallest absolute Gasteiger partial charge is 0.305 e. The lowest BCUT2D eigenvalue weighted by Crippen LogP contribution is -2.34. The van der Waals surface area contributed by atoms with Crippen LogP contribution in [0.15, 0.2) is 30.6 Å². The lowest BCUT2D eigenvalue weighted by molar-refractivity contribution is -0.137. The standard InChI is InChI=1S/C15H14Cl2N4O3S/c1-24-13-6-12(18-7-19-13)21-15(25)20-11(5-14(22)23)9-3-2-8(16)4-10(9)17/h2-4,6-7,11H,5H2,1H3,(H,22,23)(H2,18,19,20,21,25)/t11-/m1/s1. The summed E-state index contributed by atoms with van der Waals surface area (Å²) < 4.78 is 5.00. The van der Waals surface area contributed by atoms with Gasteiger partial charge in [-0.15, -0.1) is 0 Å². The van der Waals surface area contributed by atoms with Crippen LogP contribution in [0.3, 0.4) is 0 Å². The number of anilines is 1. The number of hydrogen-bond donors (Lipinski definition) is 3. The summed E-state index contributed by atoms with van der Waals surface area (Å²) in [4.78, 5) is 19.1. The molecule has 0 aliphatic heterocycles. The average Bonchev–Trinajstić information content (AvgIpc) is 2.54. The lowest BCUT2D eigenvalue weighted by Gasteiger charge is -2.21. The number of hydrogen-bond acceptors (Lipinski definition) is 5. The number of nitrogens with one attached hydrogen (secondary N) is 2. The maximum absolute atomic E-state index is 11.2. The van der Waals surface area contributed by atoms with Crippen LogP contribution in [0.25, 0.3) is 0 Å². The van der Waals surface area contributed by atoms with Gasteiger partial charge < -0.3 is 20.5 Å². The molecule has 1 atom stereocenters. The zero-order valence-corrected chi connectivity index (χ0v) is 15.3. The van der Waals surface area contributed by atoms with Gasteiger partial charge in [-0.3, -0.25) is 4.79 Å². The first-order chi connectivity index (χ1) is 11.9. The Hall–Kier alpha value is -2.16. The number of carbonyl (C=O) groups is 1. The molecule has 2 aromatic rings. The fourth-order valence-corrected chi connectivity index (χ4v) is 2.81. The first kappa shape index (κ1) is 19.2. The Morgan fingerprint density at radius 2 is 2.12 bits per heavy atom. The molecule has 25 heavy (non-hydrogen) atoms. The normalized spacial score (nSPS) is 11.5. The average molecular weight is 401 g/mol. The fourth-order valence-electron chi connectivity index (χ4n) is 2.03. The predicted octanol–water partition coefficient (Wildman–Crippen LogP) is 3.29. The molecule has 2 rings (SSSR count). The van der Waals surface area contributed by atoms with Gasteiger partial charge in [0.2, 0.25) is 5.88 Å². The highest BCUT2D eigenvalue weighted by Gasteiger charge is 2.19. The minimum Gasteiger partial charge on any atom is -0.481 e. The summed E-state index contributed by atoms with van der Waals surface area (Å²) in [6.45, 7) is 0. The van der Waals surface area contributed by atoms with E-state index in [9.17, 15) is 4.79 Å². The molecule has 1 heterocycles. The predicted molar refractivity (Wildman–Crippen MR) is 99.4 cm³/mol. The molecule has 0 aliphatic carbocycles. The van der Waals surface area contributed by atoms with Crippen LogP contribution in [0.1, 0.15) is 18.0 Å². The van der Waals surface area contributed by atoms with Gasteiger partial charge in [-0.2, -0.15) is 0 Å². The van der Waals surface area contributed by atoms with E-state index >= 15 is 0 Å². The number of aliphatic carboxylic acids is 1. The summed E-state index contributed by atoms with van der Waals surface area (Å²) in [5, 5.41) is 15.9. The molecule has 0 saturated carbocycles. The van der Waals surface area contributed by atoms with Gasteiger partial charge in [0, 0.05) is 16.1 Å². The molecule has 0 unspecified atom stereocenters. The molecule has 0 radical (unpaired) electrons. The van der Waals surface area contributed by atoms with E-state index in [1.165, 1.54) is 13.4 Å². The zero-order valence-electron chi connectivity index (χ0n) is 13.0. The van der Waals surface area contributed by atoms with Crippen LogP contribution in [-0.4, -0.2) is 33.3 Å². The number of halogens is 2. The van der Waals surface area contributed by atoms with Gasteiger partial charge in [0.25, 0.3) is 0 Å². The second kappa shape index (κ2) is 8.80. The second-order valence-corrected chi connectivity index (χ2v) is 6.11. The van der Waals surface area contributed by atoms with Crippen molar-refractivity contribution in [2.75, 3.05) is 12.4 Å². The lowest BCUT2D eigenvalue weighted by atomic mass is 10.0. The highest BCUT2D eigenvalue weighted by Crippen LogP contribution is 2.28. The molecular formula is C15H14Cl2N4O3S. The van der Waals surface area contributed by atoms with Crippen LogP contribution in [0.5, 0.6) is 5.88 Å². The summed E-state index contributed by atoms with van der Waals surface area (Å²) in [6, 6.07) is 5.73. The Labute approximate surface area is 159 Å². The number of thiocarbonyl (C=S) groups is 1. The van der Waals surface area contributed by atoms with E-state index in [1.54, 1.807) is 24.3 Å². The molecule has 0 amide bonds. The molecule has 10 heteroatoms. The minimum absolute atomic E-state index is 0.179. The topological polar surface area (TPSA) is 96.4 Å². The van der Waals surface area contributed by atoms with Gasteiger partial charge in [0.05, 0.1) is 19.6 Å². The second-order valence-electron chi connectivity index (χ2n) is 4.86. The number of ether oxygens (including phenoxy) is 1. The third kappa shape index (κ3) is 5.70. The number of nitrogens with zero attached hydrogens (tertiary/aromatic N) is 2. The van der Waals surface area contributed by atoms with Crippen molar-refractivity contribution in [1.82, 2.24) is 15.3 Å². The monoisotopic (exact) mass is 400 g/mol. The van der Waals surface area contributed by atoms with Crippen molar-refractivity contribution < 1.29 is 14.6 Å². The van der Waals surface area contributed by atoms with E-state index in [1.807, 2.05) is 0 Å². The van der Waals surface area contributed by atoms with Crippen molar-refractivity contribution in [1.29, 1.82) is 0 Å². The van der Waals surface area contributed by atoms with Gasteiger partial charge in [-0.25, -0.2) is 9.97 Å². The van der Waals surface area contributed by atoms with Crippen molar-refractivity contribution in [2.24, 2.45) is 0 Å². The van der Waals surface area contributed by atoms with Crippen molar-refractivity contribution in [3.63, 3.8) is 0 Å². The van der Waals surface area contributed by atoms with E-state index in [-0.39, 0.29) is 11.5 Å². The van der Waals surface area contributed by atoms with Gasteiger partial charge in [-0.05, 0) is 29.9 Å². The Bertz CT molecular complexity index is 791.